The molecule has 496 valence electrons. The van der Waals surface area contributed by atoms with Gasteiger partial charge in [-0.15, -0.1) is 0 Å². The molecule has 5 saturated heterocycles. The highest BCUT2D eigenvalue weighted by Gasteiger charge is 2.71. The lowest BCUT2D eigenvalue weighted by molar-refractivity contribution is -0.398. The van der Waals surface area contributed by atoms with E-state index >= 15 is 0 Å². The number of aliphatic hydroxyl groups excluding tert-OH is 16. The van der Waals surface area contributed by atoms with Gasteiger partial charge in [-0.05, 0) is 103 Å². The van der Waals surface area contributed by atoms with E-state index in [0.717, 1.165) is 24.8 Å². The first-order valence-corrected chi connectivity index (χ1v) is 30.5. The van der Waals surface area contributed by atoms with Gasteiger partial charge in [-0.3, -0.25) is 0 Å². The van der Waals surface area contributed by atoms with E-state index in [2.05, 4.69) is 40.7 Å². The third-order valence-electron chi connectivity index (χ3n) is 22.8. The summed E-state index contributed by atoms with van der Waals surface area (Å²) in [6, 6.07) is 0. The van der Waals surface area contributed by atoms with Gasteiger partial charge >= 0.3 is 0 Å². The van der Waals surface area contributed by atoms with Crippen LogP contribution in [0.4, 0.5) is 0 Å². The summed E-state index contributed by atoms with van der Waals surface area (Å²) in [5, 5.41) is 174. The van der Waals surface area contributed by atoms with Crippen molar-refractivity contribution in [2.75, 3.05) is 33.0 Å². The molecule has 4 saturated carbocycles. The van der Waals surface area contributed by atoms with Crippen molar-refractivity contribution >= 4 is 0 Å². The smallest absolute Gasteiger partial charge is 0.209 e. The Kier molecular flexibility index (Phi) is 19.8. The van der Waals surface area contributed by atoms with E-state index in [4.69, 9.17) is 56.8 Å². The lowest BCUT2D eigenvalue weighted by Crippen LogP contribution is -2.69. The molecule has 16 unspecified atom stereocenters. The van der Waals surface area contributed by atoms with E-state index in [-0.39, 0.29) is 35.2 Å². The molecular weight excluding hydrogens is 1140 g/mol. The fourth-order valence-electron chi connectivity index (χ4n) is 17.3. The molecular formula is C58H96O28. The fourth-order valence-corrected chi connectivity index (χ4v) is 17.3. The van der Waals surface area contributed by atoms with E-state index in [1.807, 2.05) is 13.8 Å². The molecule has 0 aromatic rings. The summed E-state index contributed by atoms with van der Waals surface area (Å²) in [6.07, 6.45) is -32.3. The average molecular weight is 1240 g/mol. The SMILES string of the molecule is CC1O[C@@H](OC2C(O)[C@H](O)C(CO[C@@H]3OC(CO)[C@@H](O)OC3O)O[C@H]2OC[C@@]23CC[C@]4(C)C(=CCC5[C@@]6(C)CC[C@H](O[C@@H]7OC(CO[C@@H]8OC(CO)[C@@H](O)OC8O)[C@@H](O)C(O)C7O)C(C)(C)C6CC[C@]54C)C2CC(C)(C)[C@@H](O)[C@@H]3O)C(O)C(O)[C@H]1O. The van der Waals surface area contributed by atoms with Gasteiger partial charge in [-0.2, -0.15) is 0 Å². The van der Waals surface area contributed by atoms with E-state index in [0.29, 0.717) is 32.1 Å². The molecule has 86 heavy (non-hydrogen) atoms. The zero-order valence-corrected chi connectivity index (χ0v) is 50.1. The van der Waals surface area contributed by atoms with Crippen LogP contribution in [0.2, 0.25) is 0 Å². The van der Waals surface area contributed by atoms with Crippen LogP contribution in [0.3, 0.4) is 0 Å². The number of allylic oxidation sites excluding steroid dienone is 2. The molecule has 33 atom stereocenters. The number of fused-ring (bicyclic) bond motifs is 7. The maximum atomic E-state index is 12.7. The van der Waals surface area contributed by atoms with Crippen molar-refractivity contribution in [2.45, 2.75) is 267 Å². The van der Waals surface area contributed by atoms with Crippen LogP contribution in [0.1, 0.15) is 107 Å². The van der Waals surface area contributed by atoms with E-state index in [1.165, 1.54) is 6.92 Å². The lowest BCUT2D eigenvalue weighted by atomic mass is 9.33. The highest BCUT2D eigenvalue weighted by molar-refractivity contribution is 5.35. The predicted octanol–water partition coefficient (Wildman–Crippen LogP) is -3.63. The minimum Gasteiger partial charge on any atom is -0.393 e. The normalized spacial score (nSPS) is 54.6. The molecule has 0 amide bonds. The van der Waals surface area contributed by atoms with E-state index in [9.17, 15) is 81.7 Å². The first kappa shape index (κ1) is 67.5. The van der Waals surface area contributed by atoms with Gasteiger partial charge in [-0.25, -0.2) is 0 Å². The van der Waals surface area contributed by atoms with Crippen molar-refractivity contribution in [1.82, 2.24) is 0 Å². The second-order valence-electron chi connectivity index (χ2n) is 28.2. The topological polar surface area (TPSA) is 434 Å². The second kappa shape index (κ2) is 25.2. The van der Waals surface area contributed by atoms with E-state index in [1.54, 1.807) is 0 Å². The van der Waals surface area contributed by atoms with Crippen molar-refractivity contribution in [1.29, 1.82) is 0 Å². The molecule has 0 radical (unpaired) electrons. The maximum absolute atomic E-state index is 12.7. The van der Waals surface area contributed by atoms with Crippen LogP contribution < -0.4 is 0 Å². The monoisotopic (exact) mass is 1240 g/mol. The Hall–Kier alpha value is -1.38. The molecule has 16 N–H and O–H groups in total. The Morgan fingerprint density at radius 2 is 1.02 bits per heavy atom. The summed E-state index contributed by atoms with van der Waals surface area (Å²) in [6.45, 7) is 13.9. The minimum atomic E-state index is -1.89. The summed E-state index contributed by atoms with van der Waals surface area (Å²) in [5.41, 5.74) is -2.38. The minimum absolute atomic E-state index is 0.0894. The van der Waals surface area contributed by atoms with Crippen molar-refractivity contribution < 1.29 is 139 Å². The Labute approximate surface area is 499 Å². The quantitative estimate of drug-likeness (QED) is 0.0556. The number of rotatable bonds is 15. The van der Waals surface area contributed by atoms with Crippen LogP contribution in [-0.4, -0.2) is 275 Å². The molecule has 10 rings (SSSR count). The molecule has 5 heterocycles. The second-order valence-corrected chi connectivity index (χ2v) is 28.2. The first-order valence-electron chi connectivity index (χ1n) is 30.5. The highest BCUT2D eigenvalue weighted by Crippen LogP contribution is 2.76. The van der Waals surface area contributed by atoms with Gasteiger partial charge in [0.15, 0.2) is 31.5 Å². The standard InChI is InChI=1S/C58H96O28/c1-23-33(61)36(64)39(67)48(78-23)84-41-38(66)35(63)29(21-76-52-47(74)86-45(72)27(19-60)80-52)82-50(41)77-22-58-16-15-56(7)24(25(58)17-53(2,3)42(69)43(58)70)9-10-31-55(6)13-12-32(54(4,5)30(55)11-14-57(31,56)8)83-49-40(68)37(65)34(62)28(81-49)20-75-51-46(73)85-44(71)26(18-59)79-51/h9,23,25-52,59-74H,10-22H2,1-8H3/t23?,25?,26?,27?,28?,29?,30?,31?,32-,33-,34+,35+,36?,37?,38?,39?,40?,41?,42-,43-,44-,45-,46?,47?,48-,49-,50+,51+,52+,55-,56+,57+,58-/m0/s1. The van der Waals surface area contributed by atoms with Gasteiger partial charge in [0.1, 0.15) is 79.4 Å². The van der Waals surface area contributed by atoms with E-state index < -0.39 is 208 Å². The Balaban J connectivity index is 0.884. The Morgan fingerprint density at radius 1 is 0.488 bits per heavy atom. The number of hydrogen-bond donors (Lipinski definition) is 16. The molecule has 0 aromatic carbocycles. The number of ether oxygens (including phenoxy) is 12. The number of aliphatic hydroxyl groups is 16. The van der Waals surface area contributed by atoms with Crippen LogP contribution in [-0.2, 0) is 56.8 Å². The molecule has 28 nitrogen and oxygen atoms in total. The van der Waals surface area contributed by atoms with Crippen molar-refractivity contribution in [3.05, 3.63) is 11.6 Å². The molecule has 9 fully saturated rings. The molecule has 5 aliphatic heterocycles. The van der Waals surface area contributed by atoms with Crippen LogP contribution in [0, 0.1) is 50.2 Å². The lowest BCUT2D eigenvalue weighted by Gasteiger charge is -2.72. The summed E-state index contributed by atoms with van der Waals surface area (Å²) in [5.74, 6) is -0.152. The maximum Gasteiger partial charge on any atom is 0.209 e. The fraction of sp³-hybridized carbons (Fsp3) is 0.966. The third kappa shape index (κ3) is 11.5. The Morgan fingerprint density at radius 3 is 1.60 bits per heavy atom. The summed E-state index contributed by atoms with van der Waals surface area (Å²) in [7, 11) is 0. The molecule has 5 aliphatic carbocycles. The van der Waals surface area contributed by atoms with Crippen molar-refractivity contribution in [3.8, 4) is 0 Å². The van der Waals surface area contributed by atoms with Gasteiger partial charge in [-0.1, -0.05) is 60.1 Å². The van der Waals surface area contributed by atoms with Crippen LogP contribution in [0.15, 0.2) is 11.6 Å². The largest absolute Gasteiger partial charge is 0.393 e. The molecule has 0 bridgehead atoms. The zero-order chi connectivity index (χ0) is 62.7. The Bertz CT molecular complexity index is 2340. The summed E-state index contributed by atoms with van der Waals surface area (Å²) < 4.78 is 70.1. The van der Waals surface area contributed by atoms with Crippen LogP contribution in [0.25, 0.3) is 0 Å². The summed E-state index contributed by atoms with van der Waals surface area (Å²) >= 11 is 0. The molecule has 28 heteroatoms. The van der Waals surface area contributed by atoms with Crippen molar-refractivity contribution in [3.63, 3.8) is 0 Å². The average Bonchev–Trinajstić information content (AvgIpc) is 0.695. The summed E-state index contributed by atoms with van der Waals surface area (Å²) in [4.78, 5) is 0. The highest BCUT2D eigenvalue weighted by atomic mass is 16.8. The van der Waals surface area contributed by atoms with Crippen LogP contribution in [0.5, 0.6) is 0 Å². The molecule has 0 aromatic heterocycles. The van der Waals surface area contributed by atoms with Gasteiger partial charge in [0.05, 0.1) is 57.5 Å². The van der Waals surface area contributed by atoms with Gasteiger partial charge in [0, 0.05) is 5.41 Å². The molecule has 10 aliphatic rings. The number of hydrogen-bond acceptors (Lipinski definition) is 28. The predicted molar refractivity (Wildman–Crippen MR) is 287 cm³/mol. The van der Waals surface area contributed by atoms with Gasteiger partial charge in [0.2, 0.25) is 25.2 Å². The zero-order valence-electron chi connectivity index (χ0n) is 50.1. The van der Waals surface area contributed by atoms with Crippen molar-refractivity contribution in [2.24, 2.45) is 50.2 Å². The third-order valence-corrected chi connectivity index (χ3v) is 22.8. The first-order chi connectivity index (χ1) is 40.3. The van der Waals surface area contributed by atoms with Gasteiger partial charge < -0.3 is 139 Å². The van der Waals surface area contributed by atoms with Gasteiger partial charge in [0.25, 0.3) is 0 Å². The van der Waals surface area contributed by atoms with Crippen LogP contribution >= 0.6 is 0 Å². The molecule has 0 spiro atoms.